The van der Waals surface area contributed by atoms with Gasteiger partial charge in [0.1, 0.15) is 5.60 Å². The molecule has 0 bridgehead atoms. The van der Waals surface area contributed by atoms with Gasteiger partial charge in [0, 0.05) is 10.8 Å². The predicted molar refractivity (Wildman–Crippen MR) is 76.0 cm³/mol. The molecule has 0 heterocycles. The van der Waals surface area contributed by atoms with Crippen molar-refractivity contribution in [3.8, 4) is 11.5 Å². The van der Waals surface area contributed by atoms with Crippen molar-refractivity contribution in [2.24, 2.45) is 10.8 Å². The Morgan fingerprint density at radius 1 is 0.833 bits per heavy atom. The minimum absolute atomic E-state index is 0.0481. The minimum Gasteiger partial charge on any atom is -0.504 e. The zero-order chi connectivity index (χ0) is 14.2. The van der Waals surface area contributed by atoms with Gasteiger partial charge in [-0.1, -0.05) is 53.7 Å². The van der Waals surface area contributed by atoms with E-state index in [9.17, 15) is 5.11 Å². The van der Waals surface area contributed by atoms with Crippen LogP contribution in [0.25, 0.3) is 0 Å². The molecular formula is C16H26O2. The van der Waals surface area contributed by atoms with Crippen LogP contribution in [0.5, 0.6) is 11.5 Å². The molecule has 1 rings (SSSR count). The standard InChI is InChI=1S/C16H26O2/c1-14(2,3)16(7,15(4,5)6)18-13-11-9-8-10-12(13)17/h8-11,17H,1-7H3. The molecule has 0 aliphatic carbocycles. The topological polar surface area (TPSA) is 29.5 Å². The van der Waals surface area contributed by atoms with E-state index < -0.39 is 5.60 Å². The van der Waals surface area contributed by atoms with Gasteiger partial charge in [0.15, 0.2) is 11.5 Å². The molecule has 1 aromatic carbocycles. The fraction of sp³-hybridized carbons (Fsp3) is 0.625. The van der Waals surface area contributed by atoms with E-state index in [-0.39, 0.29) is 16.6 Å². The summed E-state index contributed by atoms with van der Waals surface area (Å²) in [5.74, 6) is 0.738. The monoisotopic (exact) mass is 250 g/mol. The summed E-state index contributed by atoms with van der Waals surface area (Å²) < 4.78 is 6.21. The van der Waals surface area contributed by atoms with Gasteiger partial charge in [0.05, 0.1) is 0 Å². The molecule has 0 radical (unpaired) electrons. The van der Waals surface area contributed by atoms with Gasteiger partial charge < -0.3 is 9.84 Å². The molecule has 0 aliphatic heterocycles. The Bertz CT molecular complexity index is 394. The number of phenolic OH excluding ortho intramolecular Hbond substituents is 1. The Morgan fingerprint density at radius 2 is 1.28 bits per heavy atom. The van der Waals surface area contributed by atoms with Gasteiger partial charge in [-0.2, -0.15) is 0 Å². The molecule has 0 atom stereocenters. The van der Waals surface area contributed by atoms with Crippen LogP contribution in [0.15, 0.2) is 24.3 Å². The van der Waals surface area contributed by atoms with Crippen LogP contribution in [0.1, 0.15) is 48.5 Å². The van der Waals surface area contributed by atoms with Crippen molar-refractivity contribution in [2.45, 2.75) is 54.1 Å². The minimum atomic E-state index is -0.390. The first-order valence-electron chi connectivity index (χ1n) is 6.46. The molecule has 1 N–H and O–H groups in total. The molecule has 0 aromatic heterocycles. The molecule has 0 spiro atoms. The van der Waals surface area contributed by atoms with Crippen molar-refractivity contribution in [1.82, 2.24) is 0 Å². The summed E-state index contributed by atoms with van der Waals surface area (Å²) in [5, 5.41) is 9.88. The number of phenols is 1. The highest BCUT2D eigenvalue weighted by Gasteiger charge is 2.49. The summed E-state index contributed by atoms with van der Waals surface area (Å²) in [6.45, 7) is 15.1. The Kier molecular flexibility index (Phi) is 3.71. The van der Waals surface area contributed by atoms with Crippen LogP contribution < -0.4 is 4.74 Å². The number of ether oxygens (including phenoxy) is 1. The highest BCUT2D eigenvalue weighted by Crippen LogP contribution is 2.47. The molecule has 102 valence electrons. The second-order valence-electron chi connectivity index (χ2n) is 7.10. The molecule has 0 amide bonds. The molecule has 0 unspecified atom stereocenters. The van der Waals surface area contributed by atoms with E-state index in [0.29, 0.717) is 5.75 Å². The van der Waals surface area contributed by atoms with Crippen molar-refractivity contribution in [1.29, 1.82) is 0 Å². The van der Waals surface area contributed by atoms with Gasteiger partial charge in [0.25, 0.3) is 0 Å². The normalized spacial score (nSPS) is 13.5. The van der Waals surface area contributed by atoms with E-state index in [1.54, 1.807) is 12.1 Å². The summed E-state index contributed by atoms with van der Waals surface area (Å²) in [6, 6.07) is 7.14. The summed E-state index contributed by atoms with van der Waals surface area (Å²) in [5.41, 5.74) is -0.486. The summed E-state index contributed by atoms with van der Waals surface area (Å²) in [4.78, 5) is 0. The smallest absolute Gasteiger partial charge is 0.161 e. The van der Waals surface area contributed by atoms with Gasteiger partial charge in [-0.05, 0) is 19.1 Å². The maximum atomic E-state index is 9.88. The Hall–Kier alpha value is -1.18. The van der Waals surface area contributed by atoms with Crippen molar-refractivity contribution >= 4 is 0 Å². The third kappa shape index (κ3) is 2.63. The summed E-state index contributed by atoms with van der Waals surface area (Å²) in [6.07, 6.45) is 0. The van der Waals surface area contributed by atoms with Crippen LogP contribution >= 0.6 is 0 Å². The molecule has 0 fully saturated rings. The first kappa shape index (κ1) is 14.9. The average molecular weight is 250 g/mol. The highest BCUT2D eigenvalue weighted by molar-refractivity contribution is 5.38. The third-order valence-electron chi connectivity index (χ3n) is 4.04. The third-order valence-corrected chi connectivity index (χ3v) is 4.04. The Labute approximate surface area is 111 Å². The van der Waals surface area contributed by atoms with Gasteiger partial charge >= 0.3 is 0 Å². The lowest BCUT2D eigenvalue weighted by Crippen LogP contribution is -2.55. The van der Waals surface area contributed by atoms with E-state index in [0.717, 1.165) is 0 Å². The first-order valence-corrected chi connectivity index (χ1v) is 6.46. The van der Waals surface area contributed by atoms with Crippen molar-refractivity contribution in [2.75, 3.05) is 0 Å². The molecule has 1 aromatic rings. The van der Waals surface area contributed by atoms with Gasteiger partial charge in [-0.3, -0.25) is 0 Å². The first-order chi connectivity index (χ1) is 7.99. The molecule has 0 saturated carbocycles. The molecular weight excluding hydrogens is 224 g/mol. The SMILES string of the molecule is CC(C)(C)C(C)(Oc1ccccc1O)C(C)(C)C. The summed E-state index contributed by atoms with van der Waals surface area (Å²) >= 11 is 0. The van der Waals surface area contributed by atoms with Crippen LogP contribution in [0.3, 0.4) is 0 Å². The van der Waals surface area contributed by atoms with Crippen LogP contribution in [0.2, 0.25) is 0 Å². The molecule has 2 nitrogen and oxygen atoms in total. The number of benzene rings is 1. The Balaban J connectivity index is 3.21. The van der Waals surface area contributed by atoms with E-state index in [1.807, 2.05) is 12.1 Å². The molecule has 0 saturated heterocycles. The van der Waals surface area contributed by atoms with Crippen LogP contribution in [-0.4, -0.2) is 10.7 Å². The van der Waals surface area contributed by atoms with Crippen molar-refractivity contribution in [3.63, 3.8) is 0 Å². The van der Waals surface area contributed by atoms with Crippen molar-refractivity contribution < 1.29 is 9.84 Å². The van der Waals surface area contributed by atoms with Crippen LogP contribution in [0, 0.1) is 10.8 Å². The number of hydrogen-bond donors (Lipinski definition) is 1. The largest absolute Gasteiger partial charge is 0.504 e. The maximum Gasteiger partial charge on any atom is 0.161 e. The maximum absolute atomic E-state index is 9.88. The number of para-hydroxylation sites is 2. The second-order valence-corrected chi connectivity index (χ2v) is 7.10. The highest BCUT2D eigenvalue weighted by atomic mass is 16.5. The Morgan fingerprint density at radius 3 is 1.67 bits per heavy atom. The fourth-order valence-electron chi connectivity index (χ4n) is 2.19. The van der Waals surface area contributed by atoms with Gasteiger partial charge in [-0.25, -0.2) is 0 Å². The zero-order valence-electron chi connectivity index (χ0n) is 12.7. The molecule has 0 aliphatic rings. The molecule has 18 heavy (non-hydrogen) atoms. The summed E-state index contributed by atoms with van der Waals surface area (Å²) in [7, 11) is 0. The number of hydrogen-bond acceptors (Lipinski definition) is 2. The number of aromatic hydroxyl groups is 1. The second kappa shape index (κ2) is 4.49. The quantitative estimate of drug-likeness (QED) is 0.829. The van der Waals surface area contributed by atoms with Gasteiger partial charge in [-0.15, -0.1) is 0 Å². The van der Waals surface area contributed by atoms with Crippen molar-refractivity contribution in [3.05, 3.63) is 24.3 Å². The van der Waals surface area contributed by atoms with Gasteiger partial charge in [0.2, 0.25) is 0 Å². The predicted octanol–water partition coefficient (Wildman–Crippen LogP) is 4.62. The fourth-order valence-corrected chi connectivity index (χ4v) is 2.19. The lowest BCUT2D eigenvalue weighted by Gasteiger charge is -2.50. The van der Waals surface area contributed by atoms with E-state index in [1.165, 1.54) is 0 Å². The van der Waals surface area contributed by atoms with E-state index >= 15 is 0 Å². The molecule has 2 heteroatoms. The number of rotatable bonds is 2. The van der Waals surface area contributed by atoms with E-state index in [2.05, 4.69) is 48.5 Å². The van der Waals surface area contributed by atoms with E-state index in [4.69, 9.17) is 4.74 Å². The lowest BCUT2D eigenvalue weighted by molar-refractivity contribution is -0.100. The van der Waals surface area contributed by atoms with Crippen LogP contribution in [0.4, 0.5) is 0 Å². The average Bonchev–Trinajstić information content (AvgIpc) is 2.18. The van der Waals surface area contributed by atoms with Crippen LogP contribution in [-0.2, 0) is 0 Å². The zero-order valence-corrected chi connectivity index (χ0v) is 12.7. The lowest BCUT2D eigenvalue weighted by atomic mass is 9.63.